The molecular formula is C15H31KO4S. The second kappa shape index (κ2) is 16.4. The van der Waals surface area contributed by atoms with Gasteiger partial charge in [-0.15, -0.1) is 0 Å². The predicted octanol–water partition coefficient (Wildman–Crippen LogP) is 0.598. The van der Waals surface area contributed by atoms with Gasteiger partial charge in [0.05, 0.1) is 16.2 Å². The van der Waals surface area contributed by atoms with Crippen LogP contribution in [0.2, 0.25) is 0 Å². The van der Waals surface area contributed by atoms with Gasteiger partial charge in [0.25, 0.3) is 0 Å². The summed E-state index contributed by atoms with van der Waals surface area (Å²) < 4.78 is 31.2. The average Bonchev–Trinajstić information content (AvgIpc) is 2.36. The minimum Gasteiger partial charge on any atom is -0.748 e. The summed E-state index contributed by atoms with van der Waals surface area (Å²) in [4.78, 5) is 0. The third-order valence-corrected chi connectivity index (χ3v) is 4.36. The van der Waals surface area contributed by atoms with Crippen LogP contribution in [-0.2, 0) is 10.1 Å². The fourth-order valence-corrected chi connectivity index (χ4v) is 2.87. The molecule has 0 aromatic carbocycles. The van der Waals surface area contributed by atoms with Crippen LogP contribution >= 0.6 is 0 Å². The normalized spacial score (nSPS) is 12.9. The number of unbranched alkanes of at least 4 members (excludes halogenated alkanes) is 8. The van der Waals surface area contributed by atoms with E-state index in [1.54, 1.807) is 0 Å². The molecule has 0 aliphatic heterocycles. The van der Waals surface area contributed by atoms with E-state index in [0.717, 1.165) is 25.7 Å². The van der Waals surface area contributed by atoms with Crippen LogP contribution in [0.5, 0.6) is 0 Å². The van der Waals surface area contributed by atoms with Crippen molar-refractivity contribution in [2.75, 3.05) is 5.75 Å². The van der Waals surface area contributed by atoms with E-state index in [1.807, 2.05) is 0 Å². The molecule has 21 heavy (non-hydrogen) atoms. The SMILES string of the molecule is CCCCCCCCCC(O)CCCCCS(=O)(=O)[O-].[K+]. The summed E-state index contributed by atoms with van der Waals surface area (Å²) in [6.07, 6.45) is 11.9. The van der Waals surface area contributed by atoms with E-state index >= 15 is 0 Å². The zero-order valence-electron chi connectivity index (χ0n) is 13.8. The van der Waals surface area contributed by atoms with Crippen molar-refractivity contribution in [3.8, 4) is 0 Å². The van der Waals surface area contributed by atoms with E-state index < -0.39 is 10.1 Å². The average molecular weight is 347 g/mol. The summed E-state index contributed by atoms with van der Waals surface area (Å²) in [5.41, 5.74) is 0. The third-order valence-electron chi connectivity index (χ3n) is 3.57. The Morgan fingerprint density at radius 2 is 1.29 bits per heavy atom. The Labute approximate surface area is 173 Å². The van der Waals surface area contributed by atoms with Gasteiger partial charge in [-0.3, -0.25) is 0 Å². The first-order valence-corrected chi connectivity index (χ1v) is 9.65. The molecule has 0 aliphatic carbocycles. The maximum atomic E-state index is 10.4. The molecule has 0 bridgehead atoms. The van der Waals surface area contributed by atoms with Crippen molar-refractivity contribution in [2.45, 2.75) is 90.1 Å². The van der Waals surface area contributed by atoms with Gasteiger partial charge in [-0.25, -0.2) is 8.42 Å². The van der Waals surface area contributed by atoms with Gasteiger partial charge in [-0.1, -0.05) is 64.7 Å². The summed E-state index contributed by atoms with van der Waals surface area (Å²) in [7, 11) is -4.06. The topological polar surface area (TPSA) is 77.4 Å². The maximum absolute atomic E-state index is 10.4. The van der Waals surface area contributed by atoms with Crippen LogP contribution in [0.4, 0.5) is 0 Å². The van der Waals surface area contributed by atoms with Crippen molar-refractivity contribution in [3.63, 3.8) is 0 Å². The molecule has 0 fully saturated rings. The second-order valence-corrected chi connectivity index (χ2v) is 7.20. The summed E-state index contributed by atoms with van der Waals surface area (Å²) in [6, 6.07) is 0. The smallest absolute Gasteiger partial charge is 0.748 e. The van der Waals surface area contributed by atoms with E-state index in [0.29, 0.717) is 12.8 Å². The number of hydrogen-bond donors (Lipinski definition) is 1. The van der Waals surface area contributed by atoms with Crippen LogP contribution < -0.4 is 51.4 Å². The molecule has 0 radical (unpaired) electrons. The van der Waals surface area contributed by atoms with Crippen LogP contribution in [0.3, 0.4) is 0 Å². The van der Waals surface area contributed by atoms with Crippen LogP contribution in [0.1, 0.15) is 84.0 Å². The molecular weight excluding hydrogens is 315 g/mol. The molecule has 0 spiro atoms. The molecule has 6 heteroatoms. The van der Waals surface area contributed by atoms with Crippen LogP contribution in [-0.4, -0.2) is 29.9 Å². The van der Waals surface area contributed by atoms with Gasteiger partial charge in [-0.05, 0) is 19.3 Å². The van der Waals surface area contributed by atoms with E-state index in [1.165, 1.54) is 38.5 Å². The molecule has 1 N–H and O–H groups in total. The van der Waals surface area contributed by atoms with Gasteiger partial charge < -0.3 is 9.66 Å². The molecule has 1 unspecified atom stereocenters. The minimum absolute atomic E-state index is 0. The molecule has 0 saturated heterocycles. The Morgan fingerprint density at radius 1 is 0.857 bits per heavy atom. The van der Waals surface area contributed by atoms with Crippen LogP contribution in [0.25, 0.3) is 0 Å². The van der Waals surface area contributed by atoms with Crippen molar-refractivity contribution >= 4 is 10.1 Å². The largest absolute Gasteiger partial charge is 1.00 e. The molecule has 0 aliphatic rings. The number of aliphatic hydroxyl groups is 1. The first-order chi connectivity index (χ1) is 9.45. The van der Waals surface area contributed by atoms with Crippen LogP contribution in [0, 0.1) is 0 Å². The predicted molar refractivity (Wildman–Crippen MR) is 81.6 cm³/mol. The first-order valence-electron chi connectivity index (χ1n) is 8.07. The van der Waals surface area contributed by atoms with Gasteiger partial charge in [0.2, 0.25) is 0 Å². The second-order valence-electron chi connectivity index (χ2n) is 5.67. The molecule has 1 atom stereocenters. The minimum atomic E-state index is -4.06. The van der Waals surface area contributed by atoms with Gasteiger partial charge in [0, 0.05) is 5.75 Å². The first kappa shape index (κ1) is 24.8. The molecule has 0 saturated carbocycles. The summed E-state index contributed by atoms with van der Waals surface area (Å²) in [5, 5.41) is 9.77. The number of hydrogen-bond acceptors (Lipinski definition) is 4. The van der Waals surface area contributed by atoms with E-state index in [9.17, 15) is 18.1 Å². The van der Waals surface area contributed by atoms with Gasteiger partial charge in [0.1, 0.15) is 0 Å². The van der Waals surface area contributed by atoms with Crippen molar-refractivity contribution in [2.24, 2.45) is 0 Å². The molecule has 0 aromatic heterocycles. The molecule has 0 heterocycles. The van der Waals surface area contributed by atoms with Gasteiger partial charge in [0.15, 0.2) is 0 Å². The van der Waals surface area contributed by atoms with Gasteiger partial charge in [-0.2, -0.15) is 0 Å². The molecule has 122 valence electrons. The fraction of sp³-hybridized carbons (Fsp3) is 1.00. The molecule has 4 nitrogen and oxygen atoms in total. The monoisotopic (exact) mass is 346 g/mol. The summed E-state index contributed by atoms with van der Waals surface area (Å²) in [5.74, 6) is -0.277. The van der Waals surface area contributed by atoms with E-state index in [2.05, 4.69) is 6.92 Å². The number of rotatable bonds is 14. The molecule has 0 amide bonds. The Balaban J connectivity index is 0. The Hall–Kier alpha value is 1.51. The molecule has 0 rings (SSSR count). The van der Waals surface area contributed by atoms with Crippen LogP contribution in [0.15, 0.2) is 0 Å². The van der Waals surface area contributed by atoms with E-state index in [-0.39, 0.29) is 63.2 Å². The fourth-order valence-electron chi connectivity index (χ4n) is 2.32. The van der Waals surface area contributed by atoms with E-state index in [4.69, 9.17) is 0 Å². The Bertz CT molecular complexity index is 307. The zero-order valence-corrected chi connectivity index (χ0v) is 17.8. The van der Waals surface area contributed by atoms with Crippen molar-refractivity contribution in [3.05, 3.63) is 0 Å². The third kappa shape index (κ3) is 21.5. The Morgan fingerprint density at radius 3 is 1.76 bits per heavy atom. The summed E-state index contributed by atoms with van der Waals surface area (Å²) in [6.45, 7) is 2.21. The van der Waals surface area contributed by atoms with Crippen molar-refractivity contribution in [1.29, 1.82) is 0 Å². The van der Waals surface area contributed by atoms with Crippen molar-refractivity contribution in [1.82, 2.24) is 0 Å². The molecule has 0 aromatic rings. The number of aliphatic hydroxyl groups excluding tert-OH is 1. The van der Waals surface area contributed by atoms with Crippen molar-refractivity contribution < 1.29 is 69.5 Å². The van der Waals surface area contributed by atoms with Gasteiger partial charge >= 0.3 is 51.4 Å². The zero-order chi connectivity index (χ0) is 15.3. The Kier molecular flexibility index (Phi) is 19.3. The standard InChI is InChI=1S/C15H32O4S.K/c1-2-3-4-5-6-7-9-12-15(16)13-10-8-11-14-20(17,18)19;/h15-16H,2-14H2,1H3,(H,17,18,19);/q;+1/p-1. The quantitative estimate of drug-likeness (QED) is 0.284. The maximum Gasteiger partial charge on any atom is 1.00 e. The summed E-state index contributed by atoms with van der Waals surface area (Å²) >= 11 is 0.